The average Bonchev–Trinajstić information content (AvgIpc) is 3.10. The molecule has 5 nitrogen and oxygen atoms in total. The van der Waals surface area contributed by atoms with Gasteiger partial charge >= 0.3 is 0 Å². The van der Waals surface area contributed by atoms with E-state index in [4.69, 9.17) is 4.52 Å². The molecule has 0 spiro atoms. The lowest BCUT2D eigenvalue weighted by molar-refractivity contribution is -0.123. The molecule has 1 amide bonds. The lowest BCUT2D eigenvalue weighted by atomic mass is 9.91. The molecule has 0 bridgehead atoms. The van der Waals surface area contributed by atoms with Crippen LogP contribution in [0.2, 0.25) is 0 Å². The first-order valence-electron chi connectivity index (χ1n) is 9.54. The summed E-state index contributed by atoms with van der Waals surface area (Å²) >= 11 is 0. The van der Waals surface area contributed by atoms with Gasteiger partial charge in [-0.1, -0.05) is 80.0 Å². The first-order valence-corrected chi connectivity index (χ1v) is 9.54. The molecule has 2 aromatic carbocycles. The predicted octanol–water partition coefficient (Wildman–Crippen LogP) is 4.88. The van der Waals surface area contributed by atoms with Crippen molar-refractivity contribution >= 4 is 5.91 Å². The highest BCUT2D eigenvalue weighted by Crippen LogP contribution is 2.24. The van der Waals surface area contributed by atoms with E-state index in [1.54, 1.807) is 0 Å². The molecule has 3 rings (SSSR count). The zero-order valence-electron chi connectivity index (χ0n) is 16.9. The van der Waals surface area contributed by atoms with Crippen LogP contribution in [0.25, 0.3) is 11.4 Å². The standard InChI is InChI=1S/C23H27N3O2/c1-16-9-8-12-18(13-16)21-25-22(28-26-21)19(14-17-10-6-5-7-11-17)24-20(27)15-23(2,3)4/h5-13,19H,14-15H2,1-4H3,(H,24,27). The van der Waals surface area contributed by atoms with E-state index < -0.39 is 0 Å². The SMILES string of the molecule is Cc1cccc(-c2noc(C(Cc3ccccc3)NC(=O)CC(C)(C)C)n2)c1. The molecule has 0 fully saturated rings. The summed E-state index contributed by atoms with van der Waals surface area (Å²) in [6, 6.07) is 17.6. The summed E-state index contributed by atoms with van der Waals surface area (Å²) in [6.45, 7) is 8.15. The zero-order chi connectivity index (χ0) is 20.1. The number of hydrogen-bond acceptors (Lipinski definition) is 4. The van der Waals surface area contributed by atoms with Gasteiger partial charge in [0.05, 0.1) is 0 Å². The van der Waals surface area contributed by atoms with E-state index >= 15 is 0 Å². The molecule has 3 aromatic rings. The Kier molecular flexibility index (Phi) is 5.93. The summed E-state index contributed by atoms with van der Waals surface area (Å²) in [6.07, 6.45) is 1.02. The Morgan fingerprint density at radius 2 is 1.86 bits per heavy atom. The number of aromatic nitrogens is 2. The van der Waals surface area contributed by atoms with Gasteiger partial charge in [-0.05, 0) is 24.0 Å². The third kappa shape index (κ3) is 5.52. The van der Waals surface area contributed by atoms with Crippen molar-refractivity contribution in [3.63, 3.8) is 0 Å². The molecular weight excluding hydrogens is 350 g/mol. The molecule has 0 aliphatic heterocycles. The molecule has 146 valence electrons. The van der Waals surface area contributed by atoms with E-state index in [1.165, 1.54) is 0 Å². The molecule has 1 heterocycles. The first kappa shape index (κ1) is 19.8. The summed E-state index contributed by atoms with van der Waals surface area (Å²) < 4.78 is 5.55. The van der Waals surface area contributed by atoms with Gasteiger partial charge in [-0.15, -0.1) is 0 Å². The lowest BCUT2D eigenvalue weighted by Gasteiger charge is -2.20. The quantitative estimate of drug-likeness (QED) is 0.665. The number of amides is 1. The minimum absolute atomic E-state index is 0.0243. The van der Waals surface area contributed by atoms with E-state index in [0.717, 1.165) is 16.7 Å². The Bertz CT molecular complexity index is 926. The second kappa shape index (κ2) is 8.38. The Morgan fingerprint density at radius 3 is 2.54 bits per heavy atom. The van der Waals surface area contributed by atoms with Crippen LogP contribution in [0.15, 0.2) is 59.1 Å². The number of rotatable bonds is 6. The molecule has 0 saturated heterocycles. The molecule has 0 aliphatic rings. The van der Waals surface area contributed by atoms with E-state index in [0.29, 0.717) is 24.6 Å². The molecule has 1 aromatic heterocycles. The smallest absolute Gasteiger partial charge is 0.249 e. The van der Waals surface area contributed by atoms with Crippen molar-refractivity contribution in [1.82, 2.24) is 15.5 Å². The van der Waals surface area contributed by atoms with Gasteiger partial charge in [-0.2, -0.15) is 4.98 Å². The lowest BCUT2D eigenvalue weighted by Crippen LogP contribution is -2.32. The van der Waals surface area contributed by atoms with Crippen molar-refractivity contribution in [2.24, 2.45) is 5.41 Å². The topological polar surface area (TPSA) is 68.0 Å². The van der Waals surface area contributed by atoms with Gasteiger partial charge in [0.25, 0.3) is 0 Å². The number of carbonyl (C=O) groups excluding carboxylic acids is 1. The van der Waals surface area contributed by atoms with Crippen LogP contribution in [0.3, 0.4) is 0 Å². The van der Waals surface area contributed by atoms with Crippen LogP contribution >= 0.6 is 0 Å². The number of aryl methyl sites for hydroxylation is 1. The monoisotopic (exact) mass is 377 g/mol. The van der Waals surface area contributed by atoms with Crippen molar-refractivity contribution in [3.05, 3.63) is 71.6 Å². The molecule has 0 radical (unpaired) electrons. The van der Waals surface area contributed by atoms with Crippen molar-refractivity contribution in [1.29, 1.82) is 0 Å². The van der Waals surface area contributed by atoms with Crippen LogP contribution in [0.5, 0.6) is 0 Å². The van der Waals surface area contributed by atoms with Crippen LogP contribution < -0.4 is 5.32 Å². The van der Waals surface area contributed by atoms with Crippen molar-refractivity contribution in [2.45, 2.75) is 46.6 Å². The highest BCUT2D eigenvalue weighted by molar-refractivity contribution is 5.77. The van der Waals surface area contributed by atoms with Gasteiger partial charge in [-0.25, -0.2) is 0 Å². The number of hydrogen-bond donors (Lipinski definition) is 1. The van der Waals surface area contributed by atoms with E-state index in [-0.39, 0.29) is 17.4 Å². The van der Waals surface area contributed by atoms with Gasteiger partial charge in [0.1, 0.15) is 6.04 Å². The fraction of sp³-hybridized carbons (Fsp3) is 0.348. The van der Waals surface area contributed by atoms with Gasteiger partial charge in [0.2, 0.25) is 17.6 Å². The van der Waals surface area contributed by atoms with Crippen LogP contribution in [0.4, 0.5) is 0 Å². The van der Waals surface area contributed by atoms with Crippen LogP contribution in [-0.4, -0.2) is 16.0 Å². The largest absolute Gasteiger partial charge is 0.344 e. The molecule has 5 heteroatoms. The maximum Gasteiger partial charge on any atom is 0.249 e. The zero-order valence-corrected chi connectivity index (χ0v) is 16.9. The van der Waals surface area contributed by atoms with Gasteiger partial charge in [0.15, 0.2) is 0 Å². The molecule has 0 saturated carbocycles. The number of nitrogens with zero attached hydrogens (tertiary/aromatic N) is 2. The van der Waals surface area contributed by atoms with Crippen molar-refractivity contribution < 1.29 is 9.32 Å². The summed E-state index contributed by atoms with van der Waals surface area (Å²) in [4.78, 5) is 17.1. The molecule has 1 atom stereocenters. The van der Waals surface area contributed by atoms with Crippen LogP contribution in [-0.2, 0) is 11.2 Å². The maximum absolute atomic E-state index is 12.6. The Morgan fingerprint density at radius 1 is 1.11 bits per heavy atom. The highest BCUT2D eigenvalue weighted by atomic mass is 16.5. The third-order valence-corrected chi connectivity index (χ3v) is 4.32. The molecule has 0 aliphatic carbocycles. The fourth-order valence-electron chi connectivity index (χ4n) is 3.06. The average molecular weight is 377 g/mol. The number of carbonyl (C=O) groups is 1. The molecule has 1 N–H and O–H groups in total. The van der Waals surface area contributed by atoms with Gasteiger partial charge in [-0.3, -0.25) is 4.79 Å². The molecule has 28 heavy (non-hydrogen) atoms. The molecule has 1 unspecified atom stereocenters. The third-order valence-electron chi connectivity index (χ3n) is 4.32. The number of benzene rings is 2. The summed E-state index contributed by atoms with van der Waals surface area (Å²) in [5.41, 5.74) is 3.03. The minimum Gasteiger partial charge on any atom is -0.344 e. The van der Waals surface area contributed by atoms with E-state index in [1.807, 2.05) is 82.3 Å². The summed E-state index contributed by atoms with van der Waals surface area (Å²) in [5, 5.41) is 7.21. The normalized spacial score (nSPS) is 12.6. The van der Waals surface area contributed by atoms with Crippen LogP contribution in [0.1, 0.15) is 50.3 Å². The second-order valence-corrected chi connectivity index (χ2v) is 8.37. The summed E-state index contributed by atoms with van der Waals surface area (Å²) in [7, 11) is 0. The molecular formula is C23H27N3O2. The fourth-order valence-corrected chi connectivity index (χ4v) is 3.06. The minimum atomic E-state index is -0.372. The summed E-state index contributed by atoms with van der Waals surface area (Å²) in [5.74, 6) is 0.924. The second-order valence-electron chi connectivity index (χ2n) is 8.37. The van der Waals surface area contributed by atoms with Gasteiger partial charge < -0.3 is 9.84 Å². The number of nitrogens with one attached hydrogen (secondary N) is 1. The Hall–Kier alpha value is -2.95. The first-order chi connectivity index (χ1) is 13.3. The van der Waals surface area contributed by atoms with Crippen LogP contribution in [0, 0.1) is 12.3 Å². The van der Waals surface area contributed by atoms with E-state index in [2.05, 4.69) is 15.5 Å². The Labute approximate surface area is 166 Å². The maximum atomic E-state index is 12.6. The van der Waals surface area contributed by atoms with Crippen molar-refractivity contribution in [3.8, 4) is 11.4 Å². The predicted molar refractivity (Wildman–Crippen MR) is 110 cm³/mol. The highest BCUT2D eigenvalue weighted by Gasteiger charge is 2.24. The Balaban J connectivity index is 1.85. The van der Waals surface area contributed by atoms with Crippen molar-refractivity contribution in [2.75, 3.05) is 0 Å². The van der Waals surface area contributed by atoms with Gasteiger partial charge in [0, 0.05) is 18.4 Å². The van der Waals surface area contributed by atoms with E-state index in [9.17, 15) is 4.79 Å².